The minimum absolute atomic E-state index is 0.210. The summed E-state index contributed by atoms with van der Waals surface area (Å²) in [6.45, 7) is 2.30. The molecule has 2 rings (SSSR count). The van der Waals surface area contributed by atoms with E-state index >= 15 is 0 Å². The van der Waals surface area contributed by atoms with Gasteiger partial charge in [0.1, 0.15) is 0 Å². The number of sulfonamides is 1. The first-order chi connectivity index (χ1) is 10.1. The van der Waals surface area contributed by atoms with Gasteiger partial charge in [-0.25, -0.2) is 13.1 Å². The number of nitrogens with one attached hydrogen (secondary N) is 1. The molecule has 0 amide bonds. The van der Waals surface area contributed by atoms with Gasteiger partial charge in [-0.2, -0.15) is 0 Å². The molecular weight excluding hydrogens is 358 g/mol. The van der Waals surface area contributed by atoms with Crippen molar-refractivity contribution in [1.29, 1.82) is 0 Å². The van der Waals surface area contributed by atoms with E-state index in [9.17, 15) is 8.42 Å². The molecule has 1 aromatic rings. The van der Waals surface area contributed by atoms with E-state index in [2.05, 4.69) is 20.7 Å². The van der Waals surface area contributed by atoms with E-state index in [0.29, 0.717) is 30.7 Å². The number of ether oxygens (including phenoxy) is 2. The zero-order valence-electron chi connectivity index (χ0n) is 11.8. The zero-order chi connectivity index (χ0) is 15.1. The van der Waals surface area contributed by atoms with Crippen molar-refractivity contribution < 1.29 is 17.9 Å². The third-order valence-corrected chi connectivity index (χ3v) is 5.68. The molecule has 118 valence electrons. The molecule has 0 aromatic heterocycles. The van der Waals surface area contributed by atoms with Crippen molar-refractivity contribution in [3.8, 4) is 0 Å². The summed E-state index contributed by atoms with van der Waals surface area (Å²) in [6.07, 6.45) is 2.99. The Morgan fingerprint density at radius 1 is 1.38 bits per heavy atom. The van der Waals surface area contributed by atoms with Crippen molar-refractivity contribution in [3.63, 3.8) is 0 Å². The van der Waals surface area contributed by atoms with Gasteiger partial charge in [-0.3, -0.25) is 0 Å². The van der Waals surface area contributed by atoms with Crippen LogP contribution in [-0.2, 0) is 19.5 Å². The van der Waals surface area contributed by atoms with E-state index in [1.165, 1.54) is 0 Å². The standard InChI is InChI=1S/C14H20BrNO4S/c15-13-6-1-2-7-14(13)21(17,18)16-8-4-9-19-11-12-5-3-10-20-12/h1-2,6-7,12,16H,3-5,8-11H2. The summed E-state index contributed by atoms with van der Waals surface area (Å²) in [5.74, 6) is 0. The van der Waals surface area contributed by atoms with Crippen LogP contribution < -0.4 is 4.72 Å². The minimum Gasteiger partial charge on any atom is -0.379 e. The van der Waals surface area contributed by atoms with Crippen LogP contribution in [0.15, 0.2) is 33.6 Å². The first-order valence-electron chi connectivity index (χ1n) is 7.03. The van der Waals surface area contributed by atoms with E-state index < -0.39 is 10.0 Å². The van der Waals surface area contributed by atoms with Crippen LogP contribution in [0.25, 0.3) is 0 Å². The second-order valence-corrected chi connectivity index (χ2v) is 7.48. The first kappa shape index (κ1) is 16.9. The van der Waals surface area contributed by atoms with E-state index in [1.807, 2.05) is 0 Å². The van der Waals surface area contributed by atoms with Crippen molar-refractivity contribution in [2.45, 2.75) is 30.3 Å². The molecule has 7 heteroatoms. The third kappa shape index (κ3) is 5.34. The highest BCUT2D eigenvalue weighted by atomic mass is 79.9. The van der Waals surface area contributed by atoms with E-state index in [1.54, 1.807) is 24.3 Å². The molecule has 21 heavy (non-hydrogen) atoms. The molecule has 1 aliphatic heterocycles. The van der Waals surface area contributed by atoms with Gasteiger partial charge in [0.05, 0.1) is 17.6 Å². The molecule has 0 aliphatic carbocycles. The van der Waals surface area contributed by atoms with E-state index in [4.69, 9.17) is 9.47 Å². The molecular formula is C14H20BrNO4S. The Balaban J connectivity index is 1.67. The highest BCUT2D eigenvalue weighted by Crippen LogP contribution is 2.20. The maximum absolute atomic E-state index is 12.1. The molecule has 0 bridgehead atoms. The number of rotatable bonds is 8. The second-order valence-electron chi connectivity index (χ2n) is 4.89. The molecule has 1 saturated heterocycles. The number of benzene rings is 1. The summed E-state index contributed by atoms with van der Waals surface area (Å²) >= 11 is 3.25. The zero-order valence-corrected chi connectivity index (χ0v) is 14.2. The molecule has 1 atom stereocenters. The van der Waals surface area contributed by atoms with Crippen LogP contribution in [0, 0.1) is 0 Å². The monoisotopic (exact) mass is 377 g/mol. The van der Waals surface area contributed by atoms with Gasteiger partial charge in [0.2, 0.25) is 10.0 Å². The van der Waals surface area contributed by atoms with Crippen LogP contribution in [0.1, 0.15) is 19.3 Å². The van der Waals surface area contributed by atoms with E-state index in [-0.39, 0.29) is 11.0 Å². The fourth-order valence-corrected chi connectivity index (χ4v) is 4.19. The molecule has 1 N–H and O–H groups in total. The Morgan fingerprint density at radius 3 is 2.90 bits per heavy atom. The lowest BCUT2D eigenvalue weighted by Gasteiger charge is -2.11. The Bertz CT molecular complexity index is 544. The molecule has 0 saturated carbocycles. The summed E-state index contributed by atoms with van der Waals surface area (Å²) in [7, 11) is -3.47. The predicted octanol–water partition coefficient (Wildman–Crippen LogP) is 2.31. The molecule has 5 nitrogen and oxygen atoms in total. The van der Waals surface area contributed by atoms with Gasteiger partial charge in [-0.1, -0.05) is 12.1 Å². The maximum Gasteiger partial charge on any atom is 0.241 e. The van der Waals surface area contributed by atoms with Crippen molar-refractivity contribution in [2.75, 3.05) is 26.4 Å². The second kappa shape index (κ2) is 8.24. The summed E-state index contributed by atoms with van der Waals surface area (Å²) in [6, 6.07) is 6.76. The van der Waals surface area contributed by atoms with Gasteiger partial charge in [0.15, 0.2) is 0 Å². The highest BCUT2D eigenvalue weighted by molar-refractivity contribution is 9.10. The van der Waals surface area contributed by atoms with Gasteiger partial charge in [-0.15, -0.1) is 0 Å². The van der Waals surface area contributed by atoms with Gasteiger partial charge in [0, 0.05) is 24.2 Å². The maximum atomic E-state index is 12.1. The quantitative estimate of drug-likeness (QED) is 0.706. The fourth-order valence-electron chi connectivity index (χ4n) is 2.11. The van der Waals surface area contributed by atoms with Crippen LogP contribution in [0.4, 0.5) is 0 Å². The lowest BCUT2D eigenvalue weighted by Crippen LogP contribution is -2.26. The Morgan fingerprint density at radius 2 is 2.19 bits per heavy atom. The van der Waals surface area contributed by atoms with Crippen molar-refractivity contribution >= 4 is 26.0 Å². The average molecular weight is 378 g/mol. The van der Waals surface area contributed by atoms with Crippen LogP contribution in [0.2, 0.25) is 0 Å². The number of halogens is 1. The average Bonchev–Trinajstić information content (AvgIpc) is 2.96. The Labute approximate surface area is 134 Å². The summed E-state index contributed by atoms with van der Waals surface area (Å²) in [5, 5.41) is 0. The lowest BCUT2D eigenvalue weighted by atomic mass is 10.2. The fraction of sp³-hybridized carbons (Fsp3) is 0.571. The largest absolute Gasteiger partial charge is 0.379 e. The Kier molecular flexibility index (Phi) is 6.63. The molecule has 1 fully saturated rings. The van der Waals surface area contributed by atoms with Crippen molar-refractivity contribution in [1.82, 2.24) is 4.72 Å². The highest BCUT2D eigenvalue weighted by Gasteiger charge is 2.17. The smallest absolute Gasteiger partial charge is 0.241 e. The van der Waals surface area contributed by atoms with Crippen LogP contribution in [0.5, 0.6) is 0 Å². The molecule has 0 radical (unpaired) electrons. The summed E-state index contributed by atoms with van der Waals surface area (Å²) in [4.78, 5) is 0.255. The van der Waals surface area contributed by atoms with Gasteiger partial charge in [-0.05, 0) is 47.3 Å². The predicted molar refractivity (Wildman–Crippen MR) is 83.7 cm³/mol. The third-order valence-electron chi connectivity index (χ3n) is 3.21. The first-order valence-corrected chi connectivity index (χ1v) is 9.31. The van der Waals surface area contributed by atoms with Crippen LogP contribution in [0.3, 0.4) is 0 Å². The summed E-state index contributed by atoms with van der Waals surface area (Å²) < 4.78 is 38.3. The van der Waals surface area contributed by atoms with Gasteiger partial charge < -0.3 is 9.47 Å². The lowest BCUT2D eigenvalue weighted by molar-refractivity contribution is 0.0169. The SMILES string of the molecule is O=S(=O)(NCCCOCC1CCCO1)c1ccccc1Br. The van der Waals surface area contributed by atoms with E-state index in [0.717, 1.165) is 19.4 Å². The number of hydrogen-bond acceptors (Lipinski definition) is 4. The Hall–Kier alpha value is -0.470. The topological polar surface area (TPSA) is 64.6 Å². The molecule has 0 spiro atoms. The van der Waals surface area contributed by atoms with Crippen molar-refractivity contribution in [2.24, 2.45) is 0 Å². The number of hydrogen-bond donors (Lipinski definition) is 1. The molecule has 1 aromatic carbocycles. The molecule has 1 unspecified atom stereocenters. The van der Waals surface area contributed by atoms with Crippen LogP contribution >= 0.6 is 15.9 Å². The van der Waals surface area contributed by atoms with Crippen LogP contribution in [-0.4, -0.2) is 40.9 Å². The van der Waals surface area contributed by atoms with Gasteiger partial charge in [0.25, 0.3) is 0 Å². The minimum atomic E-state index is -3.47. The van der Waals surface area contributed by atoms with Gasteiger partial charge >= 0.3 is 0 Å². The van der Waals surface area contributed by atoms with Crippen molar-refractivity contribution in [3.05, 3.63) is 28.7 Å². The molecule has 1 heterocycles. The summed E-state index contributed by atoms with van der Waals surface area (Å²) in [5.41, 5.74) is 0. The normalized spacial score (nSPS) is 19.0. The molecule has 1 aliphatic rings.